The summed E-state index contributed by atoms with van der Waals surface area (Å²) in [6.45, 7) is 5.99. The zero-order valence-corrected chi connectivity index (χ0v) is 22.0. The van der Waals surface area contributed by atoms with Crippen molar-refractivity contribution < 1.29 is 39.9 Å². The van der Waals surface area contributed by atoms with E-state index in [-0.39, 0.29) is 21.6 Å². The molecule has 1 amide bonds. The van der Waals surface area contributed by atoms with E-state index in [0.29, 0.717) is 11.3 Å². The number of fused-ring (bicyclic) bond motifs is 3. The van der Waals surface area contributed by atoms with Gasteiger partial charge in [0.05, 0.1) is 23.6 Å². The molecule has 2 unspecified atom stereocenters. The maximum atomic E-state index is 14.0. The summed E-state index contributed by atoms with van der Waals surface area (Å²) in [5.74, 6) is -8.53. The predicted octanol–water partition coefficient (Wildman–Crippen LogP) is 1.01. The second-order valence-corrected chi connectivity index (χ2v) is 12.9. The zero-order chi connectivity index (χ0) is 27.8. The van der Waals surface area contributed by atoms with Gasteiger partial charge >= 0.3 is 0 Å². The predicted molar refractivity (Wildman–Crippen MR) is 137 cm³/mol. The molecule has 1 aromatic rings. The number of aliphatic hydroxyl groups excluding tert-OH is 3. The molecule has 0 spiro atoms. The van der Waals surface area contributed by atoms with Gasteiger partial charge in [-0.1, -0.05) is 32.9 Å². The van der Waals surface area contributed by atoms with E-state index in [9.17, 15) is 39.9 Å². The van der Waals surface area contributed by atoms with Gasteiger partial charge in [-0.3, -0.25) is 19.3 Å². The summed E-state index contributed by atoms with van der Waals surface area (Å²) in [5, 5.41) is 56.4. The Hall–Kier alpha value is -2.86. The van der Waals surface area contributed by atoms with Gasteiger partial charge in [-0.2, -0.15) is 11.8 Å². The summed E-state index contributed by atoms with van der Waals surface area (Å²) in [7, 11) is 2.95. The van der Waals surface area contributed by atoms with E-state index in [1.807, 2.05) is 20.8 Å². The topological polar surface area (TPSA) is 182 Å². The number of carbonyl (C=O) groups is 3. The Kier molecular flexibility index (Phi) is 6.51. The number of phenols is 1. The number of carbonyl (C=O) groups excluding carboxylic acids is 3. The van der Waals surface area contributed by atoms with Crippen LogP contribution in [-0.4, -0.2) is 90.2 Å². The molecule has 4 rings (SSSR count). The number of rotatable bonds is 4. The molecule has 3 aliphatic rings. The number of Topliss-reactive ketones (excluding diaryl/α,β-unsaturated/α-hetero) is 2. The van der Waals surface area contributed by atoms with Crippen LogP contribution in [-0.2, 0) is 14.4 Å². The monoisotopic (exact) mass is 532 g/mol. The van der Waals surface area contributed by atoms with Gasteiger partial charge in [-0.15, -0.1) is 0 Å². The maximum absolute atomic E-state index is 14.0. The summed E-state index contributed by atoms with van der Waals surface area (Å²) in [6.07, 6.45) is -1.62. The van der Waals surface area contributed by atoms with E-state index in [1.54, 1.807) is 23.9 Å². The Balaban J connectivity index is 2.03. The van der Waals surface area contributed by atoms with Gasteiger partial charge in [0.2, 0.25) is 5.78 Å². The van der Waals surface area contributed by atoms with Gasteiger partial charge in [-0.25, -0.2) is 0 Å². The van der Waals surface area contributed by atoms with Crippen LogP contribution in [0.5, 0.6) is 5.75 Å². The molecule has 6 atom stereocenters. The fraction of sp³-hybridized carbons (Fsp3) is 0.500. The molecule has 1 fully saturated rings. The van der Waals surface area contributed by atoms with Crippen molar-refractivity contribution in [2.75, 3.05) is 19.8 Å². The van der Waals surface area contributed by atoms with Crippen molar-refractivity contribution in [2.45, 2.75) is 49.2 Å². The lowest BCUT2D eigenvalue weighted by atomic mass is 9.54. The average molecular weight is 533 g/mol. The minimum absolute atomic E-state index is 0.00880. The number of primary amides is 1. The molecular formula is C26H32N2O8S. The first-order valence-corrected chi connectivity index (χ1v) is 12.8. The van der Waals surface area contributed by atoms with Crippen molar-refractivity contribution in [2.24, 2.45) is 17.6 Å². The summed E-state index contributed by atoms with van der Waals surface area (Å²) in [4.78, 5) is 40.8. The number of nitrogens with two attached hydrogens (primary N) is 1. The molecule has 11 heteroatoms. The Morgan fingerprint density at radius 1 is 1.16 bits per heavy atom. The van der Waals surface area contributed by atoms with Crippen molar-refractivity contribution in [3.63, 3.8) is 0 Å². The molecule has 0 aromatic heterocycles. The van der Waals surface area contributed by atoms with Crippen molar-refractivity contribution in [1.29, 1.82) is 0 Å². The number of thioether (sulfide) groups is 1. The van der Waals surface area contributed by atoms with Gasteiger partial charge in [-0.05, 0) is 25.7 Å². The van der Waals surface area contributed by atoms with Crippen LogP contribution < -0.4 is 5.73 Å². The van der Waals surface area contributed by atoms with Gasteiger partial charge in [0.25, 0.3) is 5.91 Å². The van der Waals surface area contributed by atoms with Gasteiger partial charge in [0.15, 0.2) is 11.4 Å². The van der Waals surface area contributed by atoms with Gasteiger partial charge in [0.1, 0.15) is 22.8 Å². The minimum Gasteiger partial charge on any atom is -0.508 e. The average Bonchev–Trinajstić information content (AvgIpc) is 2.77. The highest BCUT2D eigenvalue weighted by atomic mass is 32.2. The quantitative estimate of drug-likeness (QED) is 0.306. The molecule has 1 saturated carbocycles. The van der Waals surface area contributed by atoms with E-state index in [0.717, 1.165) is 0 Å². The number of nitrogens with zero attached hydrogens (tertiary/aromatic N) is 1. The molecule has 0 radical (unpaired) electrons. The smallest absolute Gasteiger partial charge is 0.255 e. The van der Waals surface area contributed by atoms with Crippen LogP contribution in [0.2, 0.25) is 0 Å². The van der Waals surface area contributed by atoms with Gasteiger partial charge < -0.3 is 31.3 Å². The number of ketones is 2. The van der Waals surface area contributed by atoms with Crippen molar-refractivity contribution >= 4 is 35.0 Å². The Labute approximate surface area is 218 Å². The Bertz CT molecular complexity index is 1260. The maximum Gasteiger partial charge on any atom is 0.255 e. The van der Waals surface area contributed by atoms with E-state index >= 15 is 0 Å². The van der Waals surface area contributed by atoms with Crippen LogP contribution in [0.3, 0.4) is 0 Å². The standard InChI is InChI=1S/C26H32N2O8S/c1-25(2,3)37-9-11-10-7-6-8-12(29)13(10)19(30)15-14(11)20(31)17-18(28(4)5)21(32)16(24(27)35)23(34)26(17,36)22(15)33/h6-8,11,14,17-18,20,29-31,34,36H,9H2,1-5H3,(H2,27,35)/t11-,14?,17?,18-,20-,26-/m0/s1. The highest BCUT2D eigenvalue weighted by Crippen LogP contribution is 2.57. The lowest BCUT2D eigenvalue weighted by Crippen LogP contribution is -2.70. The third-order valence-corrected chi connectivity index (χ3v) is 8.89. The van der Waals surface area contributed by atoms with Crippen LogP contribution in [0, 0.1) is 11.8 Å². The normalized spacial score (nSPS) is 31.8. The second-order valence-electron chi connectivity index (χ2n) is 11.0. The first-order chi connectivity index (χ1) is 17.1. The second kappa shape index (κ2) is 8.87. The van der Waals surface area contributed by atoms with Crippen LogP contribution in [0.25, 0.3) is 5.76 Å². The molecule has 7 N–H and O–H groups in total. The molecule has 3 aliphatic carbocycles. The lowest BCUT2D eigenvalue weighted by molar-refractivity contribution is -0.169. The third-order valence-electron chi connectivity index (χ3n) is 7.49. The van der Waals surface area contributed by atoms with E-state index in [2.05, 4.69) is 0 Å². The molecular weight excluding hydrogens is 500 g/mol. The molecule has 10 nitrogen and oxygen atoms in total. The number of likely N-dealkylation sites (N-methyl/N-ethyl adjacent to an activating group) is 1. The number of aliphatic hydroxyl groups is 4. The van der Waals surface area contributed by atoms with Crippen LogP contribution in [0.15, 0.2) is 35.1 Å². The van der Waals surface area contributed by atoms with Crippen molar-refractivity contribution in [3.8, 4) is 5.75 Å². The number of hydrogen-bond acceptors (Lipinski definition) is 10. The summed E-state index contributed by atoms with van der Waals surface area (Å²) in [5.41, 5.74) is 1.59. The van der Waals surface area contributed by atoms with Crippen LogP contribution in [0.4, 0.5) is 0 Å². The third kappa shape index (κ3) is 3.87. The van der Waals surface area contributed by atoms with E-state index in [1.165, 1.54) is 25.1 Å². The fourth-order valence-corrected chi connectivity index (χ4v) is 7.00. The number of amides is 1. The molecule has 0 saturated heterocycles. The molecule has 37 heavy (non-hydrogen) atoms. The zero-order valence-electron chi connectivity index (χ0n) is 21.2. The number of hydrogen-bond donors (Lipinski definition) is 6. The van der Waals surface area contributed by atoms with Crippen LogP contribution >= 0.6 is 11.8 Å². The molecule has 0 bridgehead atoms. The minimum atomic E-state index is -2.92. The largest absolute Gasteiger partial charge is 0.508 e. The first kappa shape index (κ1) is 27.2. The summed E-state index contributed by atoms with van der Waals surface area (Å²) in [6, 6.07) is 3.24. The van der Waals surface area contributed by atoms with Crippen molar-refractivity contribution in [1.82, 2.24) is 4.90 Å². The van der Waals surface area contributed by atoms with Gasteiger partial charge in [0, 0.05) is 27.9 Å². The first-order valence-electron chi connectivity index (χ1n) is 11.8. The lowest BCUT2D eigenvalue weighted by Gasteiger charge is -2.54. The highest BCUT2D eigenvalue weighted by Gasteiger charge is 2.68. The Morgan fingerprint density at radius 2 is 1.78 bits per heavy atom. The number of phenolic OH excluding ortho intramolecular Hbond substituents is 1. The SMILES string of the molecule is CN(C)[C@@H]1C(=O)C(C(N)=O)=C(O)[C@@]2(O)C(=O)C3=C(O)c4c(O)cccc4[C@H](CSC(C)(C)C)C3[C@H](O)C12. The molecule has 200 valence electrons. The van der Waals surface area contributed by atoms with Crippen molar-refractivity contribution in [3.05, 3.63) is 46.2 Å². The molecule has 1 aromatic carbocycles. The summed E-state index contributed by atoms with van der Waals surface area (Å²) < 4.78 is -0.213. The number of aromatic hydroxyl groups is 1. The Morgan fingerprint density at radius 3 is 2.32 bits per heavy atom. The van der Waals surface area contributed by atoms with E-state index in [4.69, 9.17) is 5.73 Å². The van der Waals surface area contributed by atoms with Crippen LogP contribution in [0.1, 0.15) is 37.8 Å². The van der Waals surface area contributed by atoms with E-state index < -0.39 is 70.1 Å². The summed E-state index contributed by atoms with van der Waals surface area (Å²) >= 11 is 1.54. The molecule has 0 heterocycles. The number of benzene rings is 1. The highest BCUT2D eigenvalue weighted by molar-refractivity contribution is 8.00. The molecule has 0 aliphatic heterocycles. The fourth-order valence-electron chi connectivity index (χ4n) is 5.93.